The number of carbonyl (C=O) groups is 1. The molecule has 0 saturated carbocycles. The van der Waals surface area contributed by atoms with Crippen LogP contribution in [0, 0.1) is 5.92 Å². The minimum absolute atomic E-state index is 0.0755. The zero-order valence-corrected chi connectivity index (χ0v) is 10.7. The molecule has 0 fully saturated rings. The van der Waals surface area contributed by atoms with Gasteiger partial charge in [-0.25, -0.2) is 0 Å². The lowest BCUT2D eigenvalue weighted by Crippen LogP contribution is -2.13. The van der Waals surface area contributed by atoms with Crippen LogP contribution < -0.4 is 0 Å². The van der Waals surface area contributed by atoms with Gasteiger partial charge in [0.25, 0.3) is 0 Å². The minimum atomic E-state index is -0.0755. The van der Waals surface area contributed by atoms with E-state index in [0.29, 0.717) is 18.9 Å². The smallest absolute Gasteiger partial charge is 0.305 e. The maximum Gasteiger partial charge on any atom is 0.305 e. The summed E-state index contributed by atoms with van der Waals surface area (Å²) in [6, 6.07) is 3.99. The first kappa shape index (κ1) is 13.7. The van der Waals surface area contributed by atoms with Crippen molar-refractivity contribution in [1.82, 2.24) is 4.98 Å². The Labute approximate surface area is 103 Å². The Kier molecular flexibility index (Phi) is 6.30. The Morgan fingerprint density at radius 2 is 2.12 bits per heavy atom. The number of rotatable bonds is 7. The summed E-state index contributed by atoms with van der Waals surface area (Å²) in [4.78, 5) is 15.3. The summed E-state index contributed by atoms with van der Waals surface area (Å²) in [7, 11) is 0. The third-order valence-corrected chi connectivity index (χ3v) is 2.60. The number of esters is 1. The number of ether oxygens (including phenoxy) is 1. The van der Waals surface area contributed by atoms with Gasteiger partial charge in [-0.2, -0.15) is 0 Å². The average Bonchev–Trinajstić information content (AvgIpc) is 2.35. The molecule has 1 aromatic heterocycles. The zero-order valence-electron chi connectivity index (χ0n) is 10.7. The van der Waals surface area contributed by atoms with Gasteiger partial charge in [0, 0.05) is 18.8 Å². The Morgan fingerprint density at radius 1 is 1.41 bits per heavy atom. The van der Waals surface area contributed by atoms with Crippen LogP contribution in [0.1, 0.15) is 38.7 Å². The van der Waals surface area contributed by atoms with Gasteiger partial charge in [-0.1, -0.05) is 20.3 Å². The molecule has 17 heavy (non-hydrogen) atoms. The standard InChI is InChI=1S/C14H21NO2/c1-3-4-5-14(16)17-11-12(2)10-13-6-8-15-9-7-13/h6-9,12H,3-5,10-11H2,1-2H3. The summed E-state index contributed by atoms with van der Waals surface area (Å²) < 4.78 is 5.22. The zero-order chi connectivity index (χ0) is 12.5. The number of aromatic nitrogens is 1. The van der Waals surface area contributed by atoms with Crippen molar-refractivity contribution in [3.05, 3.63) is 30.1 Å². The molecule has 0 bridgehead atoms. The molecular weight excluding hydrogens is 214 g/mol. The molecule has 0 aliphatic rings. The average molecular weight is 235 g/mol. The highest BCUT2D eigenvalue weighted by atomic mass is 16.5. The molecule has 0 aliphatic carbocycles. The highest BCUT2D eigenvalue weighted by Crippen LogP contribution is 2.08. The Morgan fingerprint density at radius 3 is 2.76 bits per heavy atom. The monoisotopic (exact) mass is 235 g/mol. The van der Waals surface area contributed by atoms with Gasteiger partial charge in [-0.3, -0.25) is 9.78 Å². The van der Waals surface area contributed by atoms with E-state index in [0.717, 1.165) is 19.3 Å². The van der Waals surface area contributed by atoms with Crippen LogP contribution in [0.15, 0.2) is 24.5 Å². The highest BCUT2D eigenvalue weighted by Gasteiger charge is 2.07. The molecule has 0 aromatic carbocycles. The van der Waals surface area contributed by atoms with E-state index in [9.17, 15) is 4.79 Å². The van der Waals surface area contributed by atoms with Crippen molar-refractivity contribution in [1.29, 1.82) is 0 Å². The first-order valence-electron chi connectivity index (χ1n) is 6.27. The largest absolute Gasteiger partial charge is 0.465 e. The van der Waals surface area contributed by atoms with Gasteiger partial charge in [0.05, 0.1) is 6.61 Å². The third-order valence-electron chi connectivity index (χ3n) is 2.60. The number of carbonyl (C=O) groups excluding carboxylic acids is 1. The maximum atomic E-state index is 11.3. The first-order valence-corrected chi connectivity index (χ1v) is 6.27. The molecule has 94 valence electrons. The summed E-state index contributed by atoms with van der Waals surface area (Å²) >= 11 is 0. The molecule has 0 saturated heterocycles. The second kappa shape index (κ2) is 7.82. The van der Waals surface area contributed by atoms with E-state index in [1.165, 1.54) is 5.56 Å². The lowest BCUT2D eigenvalue weighted by molar-refractivity contribution is -0.145. The van der Waals surface area contributed by atoms with E-state index in [1.807, 2.05) is 12.1 Å². The molecule has 1 aromatic rings. The molecule has 1 rings (SSSR count). The molecule has 0 aliphatic heterocycles. The SMILES string of the molecule is CCCCC(=O)OCC(C)Cc1ccncc1. The van der Waals surface area contributed by atoms with Gasteiger partial charge in [0.2, 0.25) is 0 Å². The molecule has 3 nitrogen and oxygen atoms in total. The molecule has 0 N–H and O–H groups in total. The van der Waals surface area contributed by atoms with Gasteiger partial charge in [0.15, 0.2) is 0 Å². The molecule has 1 unspecified atom stereocenters. The number of nitrogens with zero attached hydrogens (tertiary/aromatic N) is 1. The Hall–Kier alpha value is -1.38. The Balaban J connectivity index is 2.21. The Bertz CT molecular complexity index is 324. The molecule has 1 heterocycles. The minimum Gasteiger partial charge on any atom is -0.465 e. The quantitative estimate of drug-likeness (QED) is 0.682. The van der Waals surface area contributed by atoms with Crippen LogP contribution >= 0.6 is 0 Å². The van der Waals surface area contributed by atoms with E-state index in [1.54, 1.807) is 12.4 Å². The van der Waals surface area contributed by atoms with E-state index in [2.05, 4.69) is 18.8 Å². The van der Waals surface area contributed by atoms with Gasteiger partial charge >= 0.3 is 5.97 Å². The van der Waals surface area contributed by atoms with Gasteiger partial charge < -0.3 is 4.74 Å². The number of unbranched alkanes of at least 4 members (excludes halogenated alkanes) is 1. The second-order valence-corrected chi connectivity index (χ2v) is 4.45. The molecule has 1 atom stereocenters. The maximum absolute atomic E-state index is 11.3. The number of hydrogen-bond acceptors (Lipinski definition) is 3. The van der Waals surface area contributed by atoms with Crippen molar-refractivity contribution in [2.75, 3.05) is 6.61 Å². The summed E-state index contributed by atoms with van der Waals surface area (Å²) in [6.07, 6.45) is 6.98. The van der Waals surface area contributed by atoms with Crippen molar-refractivity contribution in [3.8, 4) is 0 Å². The summed E-state index contributed by atoms with van der Waals surface area (Å²) in [5.74, 6) is 0.274. The lowest BCUT2D eigenvalue weighted by Gasteiger charge is -2.11. The molecule has 3 heteroatoms. The first-order chi connectivity index (χ1) is 8.22. The lowest BCUT2D eigenvalue weighted by atomic mass is 10.0. The number of hydrogen-bond donors (Lipinski definition) is 0. The normalized spacial score (nSPS) is 12.1. The predicted octanol–water partition coefficient (Wildman–Crippen LogP) is 2.99. The van der Waals surface area contributed by atoms with Crippen LogP contribution in [0.2, 0.25) is 0 Å². The highest BCUT2D eigenvalue weighted by molar-refractivity contribution is 5.69. The third kappa shape index (κ3) is 6.05. The van der Waals surface area contributed by atoms with Gasteiger partial charge in [-0.05, 0) is 36.5 Å². The van der Waals surface area contributed by atoms with Crippen LogP contribution in [0.25, 0.3) is 0 Å². The fourth-order valence-electron chi connectivity index (χ4n) is 1.61. The summed E-state index contributed by atoms with van der Waals surface area (Å²) in [5.41, 5.74) is 1.23. The van der Waals surface area contributed by atoms with Crippen molar-refractivity contribution < 1.29 is 9.53 Å². The van der Waals surface area contributed by atoms with Crippen molar-refractivity contribution >= 4 is 5.97 Å². The predicted molar refractivity (Wildman–Crippen MR) is 67.6 cm³/mol. The molecule has 0 spiro atoms. The number of pyridine rings is 1. The molecule has 0 amide bonds. The summed E-state index contributed by atoms with van der Waals surface area (Å²) in [6.45, 7) is 4.66. The fourth-order valence-corrected chi connectivity index (χ4v) is 1.61. The van der Waals surface area contributed by atoms with E-state index in [4.69, 9.17) is 4.74 Å². The van der Waals surface area contributed by atoms with Crippen molar-refractivity contribution in [3.63, 3.8) is 0 Å². The van der Waals surface area contributed by atoms with Crippen LogP contribution in [0.4, 0.5) is 0 Å². The van der Waals surface area contributed by atoms with Gasteiger partial charge in [-0.15, -0.1) is 0 Å². The van der Waals surface area contributed by atoms with E-state index in [-0.39, 0.29) is 5.97 Å². The van der Waals surface area contributed by atoms with Crippen LogP contribution in [-0.4, -0.2) is 17.6 Å². The van der Waals surface area contributed by atoms with Crippen LogP contribution in [0.5, 0.6) is 0 Å². The van der Waals surface area contributed by atoms with E-state index >= 15 is 0 Å². The summed E-state index contributed by atoms with van der Waals surface area (Å²) in [5, 5.41) is 0. The fraction of sp³-hybridized carbons (Fsp3) is 0.571. The van der Waals surface area contributed by atoms with Crippen molar-refractivity contribution in [2.24, 2.45) is 5.92 Å². The molecule has 0 radical (unpaired) electrons. The van der Waals surface area contributed by atoms with Gasteiger partial charge in [0.1, 0.15) is 0 Å². The van der Waals surface area contributed by atoms with Crippen LogP contribution in [-0.2, 0) is 16.0 Å². The van der Waals surface area contributed by atoms with E-state index < -0.39 is 0 Å². The second-order valence-electron chi connectivity index (χ2n) is 4.45. The van der Waals surface area contributed by atoms with Crippen molar-refractivity contribution in [2.45, 2.75) is 39.5 Å². The van der Waals surface area contributed by atoms with Crippen LogP contribution in [0.3, 0.4) is 0 Å². The molecular formula is C14H21NO2. The topological polar surface area (TPSA) is 39.2 Å².